The molecule has 0 bridgehead atoms. The van der Waals surface area contributed by atoms with Gasteiger partial charge in [0.1, 0.15) is 6.67 Å². The van der Waals surface area contributed by atoms with Crippen molar-refractivity contribution in [2.45, 2.75) is 6.67 Å². The zero-order valence-electron chi connectivity index (χ0n) is 6.47. The van der Waals surface area contributed by atoms with E-state index in [4.69, 9.17) is 5.73 Å². The van der Waals surface area contributed by atoms with Gasteiger partial charge < -0.3 is 10.3 Å². The van der Waals surface area contributed by atoms with Crippen LogP contribution in [0.3, 0.4) is 0 Å². The van der Waals surface area contributed by atoms with Crippen LogP contribution in [0.15, 0.2) is 24.5 Å². The number of rotatable bonds is 0. The highest BCUT2D eigenvalue weighted by Gasteiger charge is 2.11. The van der Waals surface area contributed by atoms with Crippen LogP contribution >= 0.6 is 0 Å². The average molecular weight is 163 g/mol. The maximum absolute atomic E-state index is 10.8. The van der Waals surface area contributed by atoms with Gasteiger partial charge in [-0.2, -0.15) is 0 Å². The van der Waals surface area contributed by atoms with Crippen LogP contribution in [0, 0.1) is 0 Å². The van der Waals surface area contributed by atoms with Gasteiger partial charge in [0.25, 0.3) is 0 Å². The van der Waals surface area contributed by atoms with E-state index in [0.29, 0.717) is 6.67 Å². The Labute approximate surface area is 69.9 Å². The van der Waals surface area contributed by atoms with Gasteiger partial charge in [0, 0.05) is 18.1 Å². The van der Waals surface area contributed by atoms with Gasteiger partial charge in [0.15, 0.2) is 0 Å². The Bertz CT molecular complexity index is 340. The standard InChI is InChI=1S/C8H9N3O/c9-8(12)11-5-3-7-2-1-4-10(7)6-11/h1-5H,6H2,(H2,9,12). The molecule has 4 nitrogen and oxygen atoms in total. The number of aromatic nitrogens is 1. The van der Waals surface area contributed by atoms with Gasteiger partial charge in [0.05, 0.1) is 0 Å². The third-order valence-corrected chi connectivity index (χ3v) is 1.88. The van der Waals surface area contributed by atoms with Crippen molar-refractivity contribution < 1.29 is 4.79 Å². The molecule has 0 saturated heterocycles. The molecule has 0 saturated carbocycles. The molecule has 0 atom stereocenters. The highest BCUT2D eigenvalue weighted by Crippen LogP contribution is 2.12. The molecule has 0 radical (unpaired) electrons. The van der Waals surface area contributed by atoms with Crippen LogP contribution in [0.5, 0.6) is 0 Å². The second-order valence-electron chi connectivity index (χ2n) is 2.67. The maximum atomic E-state index is 10.8. The molecule has 0 aliphatic carbocycles. The highest BCUT2D eigenvalue weighted by molar-refractivity contribution is 5.74. The zero-order valence-corrected chi connectivity index (χ0v) is 6.47. The largest absolute Gasteiger partial charge is 0.351 e. The molecule has 2 rings (SSSR count). The SMILES string of the molecule is NC(=O)N1C=Cc2cccn2C1. The normalized spacial score (nSPS) is 14.5. The number of amides is 2. The van der Waals surface area contributed by atoms with Crippen LogP contribution in [-0.2, 0) is 6.67 Å². The summed E-state index contributed by atoms with van der Waals surface area (Å²) >= 11 is 0. The van der Waals surface area contributed by atoms with E-state index in [-0.39, 0.29) is 0 Å². The van der Waals surface area contributed by atoms with Gasteiger partial charge in [-0.25, -0.2) is 4.79 Å². The zero-order chi connectivity index (χ0) is 8.55. The minimum absolute atomic E-state index is 0.425. The molecule has 62 valence electrons. The summed E-state index contributed by atoms with van der Waals surface area (Å²) in [5.41, 5.74) is 6.21. The van der Waals surface area contributed by atoms with E-state index in [1.807, 2.05) is 29.0 Å². The Morgan fingerprint density at radius 1 is 1.58 bits per heavy atom. The molecule has 0 fully saturated rings. The van der Waals surface area contributed by atoms with Gasteiger partial charge in [-0.3, -0.25) is 4.90 Å². The molecule has 4 heteroatoms. The number of carbonyl (C=O) groups excluding carboxylic acids is 1. The van der Waals surface area contributed by atoms with Crippen molar-refractivity contribution in [2.75, 3.05) is 0 Å². The monoisotopic (exact) mass is 163 g/mol. The van der Waals surface area contributed by atoms with Crippen LogP contribution in [-0.4, -0.2) is 15.5 Å². The molecule has 1 aliphatic rings. The maximum Gasteiger partial charge on any atom is 0.320 e. The van der Waals surface area contributed by atoms with Gasteiger partial charge in [-0.1, -0.05) is 0 Å². The predicted molar refractivity (Wildman–Crippen MR) is 44.9 cm³/mol. The van der Waals surface area contributed by atoms with E-state index >= 15 is 0 Å². The average Bonchev–Trinajstić information content (AvgIpc) is 2.49. The number of hydrogen-bond acceptors (Lipinski definition) is 1. The number of carbonyl (C=O) groups is 1. The first kappa shape index (κ1) is 6.97. The van der Waals surface area contributed by atoms with Crippen LogP contribution in [0.1, 0.15) is 5.69 Å². The Balaban J connectivity index is 2.30. The van der Waals surface area contributed by atoms with Crippen molar-refractivity contribution in [2.24, 2.45) is 5.73 Å². The molecule has 1 aromatic heterocycles. The number of nitrogens with two attached hydrogens (primary N) is 1. The van der Waals surface area contributed by atoms with Crippen molar-refractivity contribution in [1.29, 1.82) is 0 Å². The minimum atomic E-state index is -0.425. The van der Waals surface area contributed by atoms with Gasteiger partial charge in [0.2, 0.25) is 0 Å². The number of fused-ring (bicyclic) bond motifs is 1. The summed E-state index contributed by atoms with van der Waals surface area (Å²) in [5.74, 6) is 0. The van der Waals surface area contributed by atoms with Crippen LogP contribution in [0.4, 0.5) is 4.79 Å². The molecule has 0 unspecified atom stereocenters. The lowest BCUT2D eigenvalue weighted by Crippen LogP contribution is -2.34. The molecule has 0 aromatic carbocycles. The first-order valence-corrected chi connectivity index (χ1v) is 3.67. The number of hydrogen-bond donors (Lipinski definition) is 1. The molecular formula is C8H9N3O. The molecule has 2 N–H and O–H groups in total. The molecular weight excluding hydrogens is 154 g/mol. The Morgan fingerprint density at radius 3 is 3.17 bits per heavy atom. The third kappa shape index (κ3) is 0.972. The fourth-order valence-corrected chi connectivity index (χ4v) is 1.23. The fourth-order valence-electron chi connectivity index (χ4n) is 1.23. The van der Waals surface area contributed by atoms with Gasteiger partial charge in [-0.05, 0) is 18.2 Å². The van der Waals surface area contributed by atoms with E-state index in [2.05, 4.69) is 0 Å². The lowest BCUT2D eigenvalue weighted by atomic mass is 10.4. The molecule has 2 amide bonds. The van der Waals surface area contributed by atoms with E-state index in [1.165, 1.54) is 4.90 Å². The van der Waals surface area contributed by atoms with Crippen molar-refractivity contribution in [3.05, 3.63) is 30.2 Å². The Hall–Kier alpha value is -1.71. The second-order valence-corrected chi connectivity index (χ2v) is 2.67. The topological polar surface area (TPSA) is 51.3 Å². The van der Waals surface area contributed by atoms with Crippen LogP contribution < -0.4 is 5.73 Å². The second kappa shape index (κ2) is 2.41. The van der Waals surface area contributed by atoms with E-state index < -0.39 is 6.03 Å². The Morgan fingerprint density at radius 2 is 2.42 bits per heavy atom. The highest BCUT2D eigenvalue weighted by atomic mass is 16.2. The summed E-state index contributed by atoms with van der Waals surface area (Å²) in [7, 11) is 0. The minimum Gasteiger partial charge on any atom is -0.351 e. The first-order chi connectivity index (χ1) is 5.77. The molecule has 12 heavy (non-hydrogen) atoms. The van der Waals surface area contributed by atoms with Crippen molar-refractivity contribution in [3.8, 4) is 0 Å². The summed E-state index contributed by atoms with van der Waals surface area (Å²) in [4.78, 5) is 12.2. The van der Waals surface area contributed by atoms with E-state index in [9.17, 15) is 4.79 Å². The van der Waals surface area contributed by atoms with Crippen molar-refractivity contribution in [1.82, 2.24) is 9.47 Å². The lowest BCUT2D eigenvalue weighted by molar-refractivity contribution is 0.213. The first-order valence-electron chi connectivity index (χ1n) is 3.67. The van der Waals surface area contributed by atoms with Crippen LogP contribution in [0.2, 0.25) is 0 Å². The summed E-state index contributed by atoms with van der Waals surface area (Å²) in [6.45, 7) is 0.508. The molecule has 2 heterocycles. The summed E-state index contributed by atoms with van der Waals surface area (Å²) in [6, 6.07) is 3.49. The molecule has 1 aromatic rings. The van der Waals surface area contributed by atoms with Gasteiger partial charge in [-0.15, -0.1) is 0 Å². The van der Waals surface area contributed by atoms with Crippen molar-refractivity contribution in [3.63, 3.8) is 0 Å². The number of urea groups is 1. The third-order valence-electron chi connectivity index (χ3n) is 1.88. The molecule has 0 spiro atoms. The number of primary amides is 1. The Kier molecular flexibility index (Phi) is 1.40. The quantitative estimate of drug-likeness (QED) is 0.604. The van der Waals surface area contributed by atoms with Crippen molar-refractivity contribution >= 4 is 12.1 Å². The smallest absolute Gasteiger partial charge is 0.320 e. The van der Waals surface area contributed by atoms with E-state index in [0.717, 1.165) is 5.69 Å². The molecule has 1 aliphatic heterocycles. The van der Waals surface area contributed by atoms with Gasteiger partial charge >= 0.3 is 6.03 Å². The number of nitrogens with zero attached hydrogens (tertiary/aromatic N) is 2. The predicted octanol–water partition coefficient (Wildman–Crippen LogP) is 0.811. The summed E-state index contributed by atoms with van der Waals surface area (Å²) in [5, 5.41) is 0. The van der Waals surface area contributed by atoms with Crippen LogP contribution in [0.25, 0.3) is 6.08 Å². The summed E-state index contributed by atoms with van der Waals surface area (Å²) in [6.07, 6.45) is 5.46. The van der Waals surface area contributed by atoms with E-state index in [1.54, 1.807) is 6.20 Å². The summed E-state index contributed by atoms with van der Waals surface area (Å²) < 4.78 is 1.95. The fraction of sp³-hybridized carbons (Fsp3) is 0.125. The lowest BCUT2D eigenvalue weighted by Gasteiger charge is -2.21.